The number of carbonyl (C=O) groups excluding carboxylic acids is 2. The number of ether oxygens (including phenoxy) is 3. The molecule has 2 aliphatic heterocycles. The molecule has 2 fully saturated rings. The number of aromatic nitrogens is 1. The number of morpholine rings is 1. The predicted molar refractivity (Wildman–Crippen MR) is 106 cm³/mol. The van der Waals surface area contributed by atoms with Crippen LogP contribution < -0.4 is 9.80 Å². The van der Waals surface area contributed by atoms with Gasteiger partial charge in [-0.3, -0.25) is 4.79 Å². The monoisotopic (exact) mass is 421 g/mol. The van der Waals surface area contributed by atoms with Gasteiger partial charge in [-0.25, -0.2) is 14.1 Å². The minimum absolute atomic E-state index is 0.0960. The molecule has 162 valence electrons. The second kappa shape index (κ2) is 7.84. The molecule has 2 saturated heterocycles. The van der Waals surface area contributed by atoms with Crippen LogP contribution in [0, 0.1) is 5.82 Å². The van der Waals surface area contributed by atoms with E-state index in [1.54, 1.807) is 11.8 Å². The Morgan fingerprint density at radius 3 is 2.67 bits per heavy atom. The van der Waals surface area contributed by atoms with Crippen molar-refractivity contribution in [2.75, 3.05) is 36.6 Å². The standard InChI is InChI=1S/C20H24FN3O6/c1-10-6-23(7-11(2)29-10)17-13(8-25)5-14-18(16(17)21)30-22-19(14)24-15(12(3)27-4)9-28-20(24)26/h5,8,10-12,15H,6-7,9H2,1-4H3/t10-,11-,12+,15?/m1/s1. The van der Waals surface area contributed by atoms with E-state index in [4.69, 9.17) is 18.7 Å². The lowest BCUT2D eigenvalue weighted by molar-refractivity contribution is -0.00543. The maximum Gasteiger partial charge on any atom is 0.416 e. The number of aldehydes is 1. The number of hydrogen-bond donors (Lipinski definition) is 0. The number of hydrogen-bond acceptors (Lipinski definition) is 8. The molecule has 1 unspecified atom stereocenters. The highest BCUT2D eigenvalue weighted by Gasteiger charge is 2.41. The SMILES string of the molecule is CO[C@@H](C)C1COC(=O)N1c1noc2c(F)c(N3C[C@@H](C)O[C@H](C)C3)c(C=O)cc12. The predicted octanol–water partition coefficient (Wildman–Crippen LogP) is 2.75. The molecule has 4 atom stereocenters. The molecule has 0 spiro atoms. The third kappa shape index (κ3) is 3.29. The number of anilines is 2. The van der Waals surface area contributed by atoms with E-state index in [1.807, 2.05) is 13.8 Å². The molecule has 0 radical (unpaired) electrons. The lowest BCUT2D eigenvalue weighted by Gasteiger charge is -2.37. The van der Waals surface area contributed by atoms with Gasteiger partial charge in [0.25, 0.3) is 0 Å². The van der Waals surface area contributed by atoms with Gasteiger partial charge in [0, 0.05) is 25.8 Å². The van der Waals surface area contributed by atoms with Gasteiger partial charge in [-0.05, 0) is 26.8 Å². The fraction of sp³-hybridized carbons (Fsp3) is 0.550. The van der Waals surface area contributed by atoms with Gasteiger partial charge in [0.05, 0.1) is 29.4 Å². The van der Waals surface area contributed by atoms with Gasteiger partial charge in [0.1, 0.15) is 12.6 Å². The molecule has 1 amide bonds. The minimum Gasteiger partial charge on any atom is -0.447 e. The van der Waals surface area contributed by atoms with Gasteiger partial charge in [0.2, 0.25) is 5.58 Å². The van der Waals surface area contributed by atoms with Crippen LogP contribution in [-0.4, -0.2) is 68.7 Å². The number of carbonyl (C=O) groups is 2. The van der Waals surface area contributed by atoms with Crippen molar-refractivity contribution in [2.24, 2.45) is 0 Å². The van der Waals surface area contributed by atoms with Crippen LogP contribution in [0.2, 0.25) is 0 Å². The first-order valence-corrected chi connectivity index (χ1v) is 9.81. The van der Waals surface area contributed by atoms with Gasteiger partial charge in [-0.2, -0.15) is 0 Å². The Hall–Kier alpha value is -2.72. The number of methoxy groups -OCH3 is 1. The van der Waals surface area contributed by atoms with Gasteiger partial charge in [-0.1, -0.05) is 5.16 Å². The Morgan fingerprint density at radius 2 is 2.03 bits per heavy atom. The molecule has 0 saturated carbocycles. The van der Waals surface area contributed by atoms with Crippen molar-refractivity contribution in [1.82, 2.24) is 5.16 Å². The van der Waals surface area contributed by atoms with Gasteiger partial charge in [0.15, 0.2) is 17.9 Å². The summed E-state index contributed by atoms with van der Waals surface area (Å²) in [6.07, 6.45) is -0.633. The molecular formula is C20H24FN3O6. The maximum atomic E-state index is 15.5. The van der Waals surface area contributed by atoms with Gasteiger partial charge < -0.3 is 23.6 Å². The molecule has 10 heteroatoms. The van der Waals surface area contributed by atoms with E-state index in [2.05, 4.69) is 5.16 Å². The van der Waals surface area contributed by atoms with Crippen molar-refractivity contribution in [1.29, 1.82) is 0 Å². The molecule has 3 heterocycles. The molecule has 30 heavy (non-hydrogen) atoms. The quantitative estimate of drug-likeness (QED) is 0.681. The van der Waals surface area contributed by atoms with Crippen molar-refractivity contribution in [3.63, 3.8) is 0 Å². The summed E-state index contributed by atoms with van der Waals surface area (Å²) in [7, 11) is 1.52. The van der Waals surface area contributed by atoms with Crippen molar-refractivity contribution < 1.29 is 32.7 Å². The molecule has 0 aliphatic carbocycles. The highest BCUT2D eigenvalue weighted by Crippen LogP contribution is 2.38. The summed E-state index contributed by atoms with van der Waals surface area (Å²) in [5.41, 5.74) is 0.170. The molecule has 9 nitrogen and oxygen atoms in total. The maximum absolute atomic E-state index is 15.5. The number of nitrogens with zero attached hydrogens (tertiary/aromatic N) is 3. The van der Waals surface area contributed by atoms with Gasteiger partial charge in [-0.15, -0.1) is 0 Å². The summed E-state index contributed by atoms with van der Waals surface area (Å²) < 4.78 is 37.0. The third-order valence-electron chi connectivity index (χ3n) is 5.60. The Kier molecular flexibility index (Phi) is 5.37. The fourth-order valence-corrected chi connectivity index (χ4v) is 4.16. The number of halogens is 1. The fourth-order valence-electron chi connectivity index (χ4n) is 4.16. The summed E-state index contributed by atoms with van der Waals surface area (Å²) in [6.45, 7) is 6.54. The smallest absolute Gasteiger partial charge is 0.416 e. The number of cyclic esters (lactones) is 1. The summed E-state index contributed by atoms with van der Waals surface area (Å²) >= 11 is 0. The number of amides is 1. The highest BCUT2D eigenvalue weighted by atomic mass is 19.1. The average molecular weight is 421 g/mol. The lowest BCUT2D eigenvalue weighted by Crippen LogP contribution is -2.46. The Labute approximate surface area is 172 Å². The first-order chi connectivity index (χ1) is 14.3. The zero-order chi connectivity index (χ0) is 21.6. The van der Waals surface area contributed by atoms with Crippen molar-refractivity contribution >= 4 is 34.9 Å². The zero-order valence-corrected chi connectivity index (χ0v) is 17.3. The first kappa shape index (κ1) is 20.5. The molecule has 4 rings (SSSR count). The molecule has 0 bridgehead atoms. The Morgan fingerprint density at radius 1 is 1.33 bits per heavy atom. The van der Waals surface area contributed by atoms with E-state index < -0.39 is 18.0 Å². The van der Waals surface area contributed by atoms with E-state index in [-0.39, 0.29) is 53.0 Å². The average Bonchev–Trinajstić information content (AvgIpc) is 3.29. The zero-order valence-electron chi connectivity index (χ0n) is 17.3. The molecule has 1 aromatic heterocycles. The molecular weight excluding hydrogens is 397 g/mol. The molecule has 1 aromatic carbocycles. The van der Waals surface area contributed by atoms with Crippen molar-refractivity contribution in [2.45, 2.75) is 45.1 Å². The summed E-state index contributed by atoms with van der Waals surface area (Å²) in [5.74, 6) is -0.600. The van der Waals surface area contributed by atoms with Crippen LogP contribution in [0.1, 0.15) is 31.1 Å². The number of rotatable bonds is 5. The van der Waals surface area contributed by atoms with Crippen molar-refractivity contribution in [3.05, 3.63) is 17.4 Å². The van der Waals surface area contributed by atoms with Gasteiger partial charge >= 0.3 is 6.09 Å². The van der Waals surface area contributed by atoms with Crippen LogP contribution in [0.25, 0.3) is 11.0 Å². The second-order valence-corrected chi connectivity index (χ2v) is 7.75. The van der Waals surface area contributed by atoms with Crippen LogP contribution in [0.15, 0.2) is 10.6 Å². The van der Waals surface area contributed by atoms with Crippen LogP contribution in [-0.2, 0) is 14.2 Å². The van der Waals surface area contributed by atoms with E-state index in [1.165, 1.54) is 18.1 Å². The van der Waals surface area contributed by atoms with Crippen LogP contribution in [0.4, 0.5) is 20.7 Å². The summed E-state index contributed by atoms with van der Waals surface area (Å²) in [6, 6.07) is 1.04. The van der Waals surface area contributed by atoms with E-state index >= 15 is 4.39 Å². The van der Waals surface area contributed by atoms with E-state index in [0.29, 0.717) is 19.4 Å². The minimum atomic E-state index is -0.696. The Balaban J connectivity index is 1.82. The molecule has 2 aromatic rings. The largest absolute Gasteiger partial charge is 0.447 e. The second-order valence-electron chi connectivity index (χ2n) is 7.75. The highest BCUT2D eigenvalue weighted by molar-refractivity contribution is 6.03. The molecule has 0 N–H and O–H groups in total. The summed E-state index contributed by atoms with van der Waals surface area (Å²) in [5, 5.41) is 4.16. The normalized spacial score (nSPS) is 25.6. The molecule has 2 aliphatic rings. The van der Waals surface area contributed by atoms with E-state index in [9.17, 15) is 9.59 Å². The Bertz CT molecular complexity index is 969. The van der Waals surface area contributed by atoms with E-state index in [0.717, 1.165) is 0 Å². The third-order valence-corrected chi connectivity index (χ3v) is 5.60. The number of benzene rings is 1. The van der Waals surface area contributed by atoms with Crippen LogP contribution in [0.5, 0.6) is 0 Å². The summed E-state index contributed by atoms with van der Waals surface area (Å²) in [4.78, 5) is 27.3. The lowest BCUT2D eigenvalue weighted by atomic mass is 10.1. The van der Waals surface area contributed by atoms with Crippen molar-refractivity contribution in [3.8, 4) is 0 Å². The topological polar surface area (TPSA) is 94.3 Å². The van der Waals surface area contributed by atoms with Crippen LogP contribution >= 0.6 is 0 Å². The van der Waals surface area contributed by atoms with Crippen LogP contribution in [0.3, 0.4) is 0 Å². The first-order valence-electron chi connectivity index (χ1n) is 9.81. The number of fused-ring (bicyclic) bond motifs is 1.